The van der Waals surface area contributed by atoms with E-state index in [0.29, 0.717) is 11.1 Å². The number of aliphatic carboxylic acids is 1. The van der Waals surface area contributed by atoms with Crippen LogP contribution in [0, 0.1) is 17.0 Å². The number of hydrogen-bond donors (Lipinski definition) is 2. The highest BCUT2D eigenvalue weighted by Crippen LogP contribution is 2.22. The molecular weight excluding hydrogens is 284 g/mol. The van der Waals surface area contributed by atoms with Crippen LogP contribution in [0.15, 0.2) is 18.2 Å². The Balaban J connectivity index is -0.000000535. The molecule has 1 aromatic carbocycles. The van der Waals surface area contributed by atoms with Crippen molar-refractivity contribution in [2.75, 3.05) is 0 Å². The van der Waals surface area contributed by atoms with Crippen LogP contribution in [0.2, 0.25) is 0 Å². The average Bonchev–Trinajstić information content (AvgIpc) is 2.52. The summed E-state index contributed by atoms with van der Waals surface area (Å²) < 4.78 is 0. The monoisotopic (exact) mass is 314 g/mol. The lowest BCUT2D eigenvalue weighted by molar-refractivity contribution is -0.384. The van der Waals surface area contributed by atoms with E-state index in [2.05, 4.69) is 0 Å². The number of carboxylic acid groups (broad SMARTS) is 1. The molecule has 0 aliphatic heterocycles. The summed E-state index contributed by atoms with van der Waals surface area (Å²) in [5.41, 5.74) is 6.89. The fourth-order valence-electron chi connectivity index (χ4n) is 1.49. The molecule has 1 rings (SSSR count). The molecule has 0 bridgehead atoms. The Kier molecular flexibility index (Phi) is 17.6. The first-order valence-electron chi connectivity index (χ1n) is 7.64. The second-order valence-corrected chi connectivity index (χ2v) is 3.50. The molecule has 0 aliphatic carbocycles. The van der Waals surface area contributed by atoms with Crippen LogP contribution in [0.4, 0.5) is 5.69 Å². The number of nitro benzene ring substituents is 1. The zero-order valence-electron chi connectivity index (χ0n) is 14.7. The van der Waals surface area contributed by atoms with Crippen molar-refractivity contribution in [1.29, 1.82) is 0 Å². The largest absolute Gasteiger partial charge is 0.481 e. The van der Waals surface area contributed by atoms with Gasteiger partial charge in [0.25, 0.3) is 5.69 Å². The molecule has 0 radical (unpaired) electrons. The molecule has 0 spiro atoms. The van der Waals surface area contributed by atoms with Gasteiger partial charge in [0.15, 0.2) is 0 Å². The Hall–Kier alpha value is -1.95. The van der Waals surface area contributed by atoms with Gasteiger partial charge in [0.1, 0.15) is 0 Å². The predicted octanol–water partition coefficient (Wildman–Crippen LogP) is 4.46. The number of nitrogens with zero attached hydrogens (tertiary/aromatic N) is 1. The van der Waals surface area contributed by atoms with Gasteiger partial charge in [0, 0.05) is 18.2 Å². The van der Waals surface area contributed by atoms with Crippen LogP contribution in [-0.2, 0) is 4.79 Å². The summed E-state index contributed by atoms with van der Waals surface area (Å²) in [6, 6.07) is 3.57. The van der Waals surface area contributed by atoms with Gasteiger partial charge in [0.2, 0.25) is 0 Å². The zero-order chi connectivity index (χ0) is 18.3. The number of hydrogen-bond acceptors (Lipinski definition) is 4. The normalized spacial score (nSPS) is 9.64. The van der Waals surface area contributed by atoms with Crippen LogP contribution in [0.1, 0.15) is 65.1 Å². The van der Waals surface area contributed by atoms with E-state index in [1.165, 1.54) is 18.2 Å². The maximum atomic E-state index is 10.5. The van der Waals surface area contributed by atoms with Gasteiger partial charge in [-0.1, -0.05) is 47.6 Å². The average molecular weight is 314 g/mol. The third kappa shape index (κ3) is 9.88. The molecule has 6 nitrogen and oxygen atoms in total. The first-order chi connectivity index (χ1) is 10.4. The topological polar surface area (TPSA) is 106 Å². The molecule has 0 heterocycles. The van der Waals surface area contributed by atoms with Gasteiger partial charge < -0.3 is 10.8 Å². The van der Waals surface area contributed by atoms with E-state index in [0.717, 1.165) is 0 Å². The maximum absolute atomic E-state index is 10.5. The van der Waals surface area contributed by atoms with Crippen LogP contribution >= 0.6 is 0 Å². The van der Waals surface area contributed by atoms with Gasteiger partial charge in [-0.2, -0.15) is 0 Å². The van der Waals surface area contributed by atoms with Crippen molar-refractivity contribution >= 4 is 11.7 Å². The highest BCUT2D eigenvalue weighted by molar-refractivity contribution is 5.68. The first kappa shape index (κ1) is 25.0. The molecule has 128 valence electrons. The molecule has 0 aliphatic rings. The molecule has 0 fully saturated rings. The van der Waals surface area contributed by atoms with E-state index in [4.69, 9.17) is 10.8 Å². The minimum Gasteiger partial charge on any atom is -0.481 e. The van der Waals surface area contributed by atoms with Crippen molar-refractivity contribution < 1.29 is 14.8 Å². The van der Waals surface area contributed by atoms with Crippen molar-refractivity contribution in [3.05, 3.63) is 39.4 Å². The van der Waals surface area contributed by atoms with Crippen molar-refractivity contribution in [3.63, 3.8) is 0 Å². The molecule has 0 saturated heterocycles. The fourth-order valence-corrected chi connectivity index (χ4v) is 1.49. The molecule has 0 amide bonds. The predicted molar refractivity (Wildman–Crippen MR) is 91.1 cm³/mol. The van der Waals surface area contributed by atoms with Gasteiger partial charge in [-0.25, -0.2) is 0 Å². The van der Waals surface area contributed by atoms with Gasteiger partial charge in [0.05, 0.1) is 11.3 Å². The summed E-state index contributed by atoms with van der Waals surface area (Å²) in [4.78, 5) is 20.5. The number of rotatable bonds is 4. The summed E-state index contributed by atoms with van der Waals surface area (Å²) in [6.07, 6.45) is -0.196. The van der Waals surface area contributed by atoms with Crippen LogP contribution < -0.4 is 5.73 Å². The Morgan fingerprint density at radius 3 is 2.00 bits per heavy atom. The second kappa shape index (κ2) is 15.4. The standard InChI is InChI=1S/C10H12N2O4.3C2H6/c1-6-4-7(12(15)16)2-3-8(6)9(11)5-10(13)14;3*1-2/h2-4,9H,5,11H2,1H3,(H,13,14);3*1-2H3. The molecule has 1 atom stereocenters. The van der Waals surface area contributed by atoms with E-state index in [-0.39, 0.29) is 12.1 Å². The fraction of sp³-hybridized carbons (Fsp3) is 0.562. The lowest BCUT2D eigenvalue weighted by Gasteiger charge is -2.11. The Bertz CT molecular complexity index is 434. The number of non-ortho nitro benzene ring substituents is 1. The molecule has 22 heavy (non-hydrogen) atoms. The Morgan fingerprint density at radius 1 is 1.23 bits per heavy atom. The summed E-state index contributed by atoms with van der Waals surface area (Å²) in [6.45, 7) is 13.7. The first-order valence-corrected chi connectivity index (χ1v) is 7.64. The summed E-state index contributed by atoms with van der Waals surface area (Å²) >= 11 is 0. The van der Waals surface area contributed by atoms with Crippen molar-refractivity contribution in [2.45, 2.75) is 60.9 Å². The number of carbonyl (C=O) groups is 1. The van der Waals surface area contributed by atoms with Crippen LogP contribution in [0.25, 0.3) is 0 Å². The summed E-state index contributed by atoms with van der Waals surface area (Å²) in [5.74, 6) is -0.995. The van der Waals surface area contributed by atoms with Crippen LogP contribution in [0.5, 0.6) is 0 Å². The Morgan fingerprint density at radius 2 is 1.68 bits per heavy atom. The minimum atomic E-state index is -0.995. The summed E-state index contributed by atoms with van der Waals surface area (Å²) in [7, 11) is 0. The maximum Gasteiger partial charge on any atom is 0.305 e. The van der Waals surface area contributed by atoms with E-state index in [1.54, 1.807) is 6.92 Å². The molecule has 1 unspecified atom stereocenters. The SMILES string of the molecule is CC.CC.CC.Cc1cc([N+](=O)[O-])ccc1C(N)CC(=O)O. The smallest absolute Gasteiger partial charge is 0.305 e. The number of nitro groups is 1. The number of aryl methyl sites for hydroxylation is 1. The van der Waals surface area contributed by atoms with Gasteiger partial charge in [-0.05, 0) is 18.1 Å². The van der Waals surface area contributed by atoms with Crippen LogP contribution in [0.3, 0.4) is 0 Å². The quantitative estimate of drug-likeness (QED) is 0.630. The Labute approximate surface area is 133 Å². The van der Waals surface area contributed by atoms with E-state index < -0.39 is 16.9 Å². The zero-order valence-corrected chi connectivity index (χ0v) is 14.7. The lowest BCUT2D eigenvalue weighted by Crippen LogP contribution is -2.16. The molecule has 0 saturated carbocycles. The van der Waals surface area contributed by atoms with E-state index >= 15 is 0 Å². The van der Waals surface area contributed by atoms with Crippen molar-refractivity contribution in [1.82, 2.24) is 0 Å². The van der Waals surface area contributed by atoms with Crippen LogP contribution in [-0.4, -0.2) is 16.0 Å². The lowest BCUT2D eigenvalue weighted by atomic mass is 9.99. The molecule has 1 aromatic rings. The number of benzene rings is 1. The second-order valence-electron chi connectivity index (χ2n) is 3.50. The molecule has 3 N–H and O–H groups in total. The molecule has 0 aromatic heterocycles. The minimum absolute atomic E-state index is 0.0243. The van der Waals surface area contributed by atoms with Crippen molar-refractivity contribution in [2.24, 2.45) is 5.73 Å². The molecule has 6 heteroatoms. The van der Waals surface area contributed by atoms with Gasteiger partial charge in [-0.3, -0.25) is 14.9 Å². The number of carboxylic acids is 1. The highest BCUT2D eigenvalue weighted by atomic mass is 16.6. The summed E-state index contributed by atoms with van der Waals surface area (Å²) in [5, 5.41) is 19.1. The van der Waals surface area contributed by atoms with E-state index in [9.17, 15) is 14.9 Å². The van der Waals surface area contributed by atoms with Gasteiger partial charge >= 0.3 is 5.97 Å². The third-order valence-electron chi connectivity index (χ3n) is 2.26. The van der Waals surface area contributed by atoms with Crippen molar-refractivity contribution in [3.8, 4) is 0 Å². The van der Waals surface area contributed by atoms with E-state index in [1.807, 2.05) is 41.5 Å². The highest BCUT2D eigenvalue weighted by Gasteiger charge is 2.15. The van der Waals surface area contributed by atoms with Gasteiger partial charge in [-0.15, -0.1) is 0 Å². The number of nitrogens with two attached hydrogens (primary N) is 1. The third-order valence-corrected chi connectivity index (χ3v) is 2.26. The molecular formula is C16H30N2O4.